The first-order valence-corrected chi connectivity index (χ1v) is 14.2. The number of rotatable bonds is 10. The molecule has 0 spiro atoms. The second kappa shape index (κ2) is 12.6. The van der Waals surface area contributed by atoms with Crippen LogP contribution in [0.1, 0.15) is 130 Å². The first-order valence-electron chi connectivity index (χ1n) is 14.2. The maximum absolute atomic E-state index is 13.0. The molecule has 3 aliphatic carbocycles. The Morgan fingerprint density at radius 3 is 1.94 bits per heavy atom. The van der Waals surface area contributed by atoms with Crippen LogP contribution in [0.25, 0.3) is 0 Å². The average Bonchev–Trinajstić information content (AvgIpc) is 2.82. The lowest BCUT2D eigenvalue weighted by atomic mass is 9.62. The molecular weight excluding hydrogens is 396 g/mol. The minimum atomic E-state index is -0.893. The summed E-state index contributed by atoms with van der Waals surface area (Å²) in [5.41, 5.74) is -0.893. The summed E-state index contributed by atoms with van der Waals surface area (Å²) in [7, 11) is 0. The summed E-state index contributed by atoms with van der Waals surface area (Å²) >= 11 is 0. The highest BCUT2D eigenvalue weighted by atomic mass is 16.5. The zero-order valence-electron chi connectivity index (χ0n) is 21.3. The highest BCUT2D eigenvalue weighted by Gasteiger charge is 2.47. The summed E-state index contributed by atoms with van der Waals surface area (Å²) < 4.78 is 5.49. The summed E-state index contributed by atoms with van der Waals surface area (Å²) in [4.78, 5) is 25.6. The van der Waals surface area contributed by atoms with Crippen LogP contribution in [0.4, 0.5) is 0 Å². The fraction of sp³-hybridized carbons (Fsp3) is 0.931. The SMILES string of the molecule is CCCCCOC(=O)[C@@]1(C)CC[C@@H](C2CCC([C@H]3CC[C@H](CCCC)CC3)CC2)CC1=O. The standard InChI is InChI=1S/C29H50O3/c1-4-6-8-20-32-28(31)29(3)19-18-26(21-27(29)30)25-16-14-24(15-17-25)23-12-10-22(11-13-23)9-7-5-2/h22-26H,4-21H2,1-3H3/t22-,23-,24?,25?,26-,29+/m1/s1. The number of carbonyl (C=O) groups excluding carboxylic acids is 2. The maximum atomic E-state index is 13.0. The second-order valence-electron chi connectivity index (χ2n) is 11.7. The second-order valence-corrected chi connectivity index (χ2v) is 11.7. The highest BCUT2D eigenvalue weighted by molar-refractivity contribution is 6.04. The molecule has 0 heterocycles. The summed E-state index contributed by atoms with van der Waals surface area (Å²) in [6, 6.07) is 0. The number of ketones is 1. The molecule has 0 saturated heterocycles. The first-order chi connectivity index (χ1) is 15.5. The average molecular weight is 447 g/mol. The molecule has 3 heteroatoms. The van der Waals surface area contributed by atoms with Crippen LogP contribution in [0.2, 0.25) is 0 Å². The lowest BCUT2D eigenvalue weighted by Crippen LogP contribution is -2.44. The monoisotopic (exact) mass is 446 g/mol. The summed E-state index contributed by atoms with van der Waals surface area (Å²) in [5, 5.41) is 0. The molecule has 0 unspecified atom stereocenters. The number of unbranched alkanes of at least 4 members (excludes halogenated alkanes) is 3. The molecule has 0 aromatic carbocycles. The van der Waals surface area contributed by atoms with Crippen molar-refractivity contribution in [1.82, 2.24) is 0 Å². The van der Waals surface area contributed by atoms with E-state index in [0.717, 1.165) is 43.4 Å². The van der Waals surface area contributed by atoms with Gasteiger partial charge < -0.3 is 4.74 Å². The Labute approximate surface area is 197 Å². The molecule has 0 aliphatic heterocycles. The number of hydrogen-bond donors (Lipinski definition) is 0. The van der Waals surface area contributed by atoms with E-state index in [4.69, 9.17) is 4.74 Å². The lowest BCUT2D eigenvalue weighted by molar-refractivity contribution is -0.162. The third kappa shape index (κ3) is 6.60. The van der Waals surface area contributed by atoms with Crippen molar-refractivity contribution in [3.63, 3.8) is 0 Å². The van der Waals surface area contributed by atoms with Crippen LogP contribution in [-0.2, 0) is 14.3 Å². The van der Waals surface area contributed by atoms with E-state index < -0.39 is 5.41 Å². The Hall–Kier alpha value is -0.860. The lowest BCUT2D eigenvalue weighted by Gasteiger charge is -2.42. The minimum Gasteiger partial charge on any atom is -0.465 e. The Morgan fingerprint density at radius 2 is 1.38 bits per heavy atom. The quantitative estimate of drug-likeness (QED) is 0.194. The molecule has 0 radical (unpaired) electrons. The summed E-state index contributed by atoms with van der Waals surface area (Å²) in [6.07, 6.45) is 20.8. The molecule has 0 N–H and O–H groups in total. The zero-order valence-corrected chi connectivity index (χ0v) is 21.3. The van der Waals surface area contributed by atoms with Gasteiger partial charge in [-0.1, -0.05) is 58.8 Å². The van der Waals surface area contributed by atoms with Crippen LogP contribution >= 0.6 is 0 Å². The van der Waals surface area contributed by atoms with E-state index in [1.807, 2.05) is 6.92 Å². The third-order valence-electron chi connectivity index (χ3n) is 9.52. The number of carbonyl (C=O) groups is 2. The Kier molecular flexibility index (Phi) is 10.1. The normalized spacial score (nSPS) is 36.1. The van der Waals surface area contributed by atoms with Crippen LogP contribution in [-0.4, -0.2) is 18.4 Å². The molecule has 3 saturated carbocycles. The molecule has 0 aromatic rings. The Bertz CT molecular complexity index is 583. The van der Waals surface area contributed by atoms with Crippen molar-refractivity contribution < 1.29 is 14.3 Å². The third-order valence-corrected chi connectivity index (χ3v) is 9.52. The number of ether oxygens (including phenoxy) is 1. The molecule has 0 bridgehead atoms. The molecule has 184 valence electrons. The van der Waals surface area contributed by atoms with Gasteiger partial charge in [0.25, 0.3) is 0 Å². The van der Waals surface area contributed by atoms with Gasteiger partial charge in [0.05, 0.1) is 6.61 Å². The molecule has 2 atom stereocenters. The van der Waals surface area contributed by atoms with Gasteiger partial charge in [-0.05, 0) is 94.3 Å². The fourth-order valence-electron chi connectivity index (χ4n) is 7.00. The highest BCUT2D eigenvalue weighted by Crippen LogP contribution is 2.47. The number of hydrogen-bond acceptors (Lipinski definition) is 3. The van der Waals surface area contributed by atoms with E-state index >= 15 is 0 Å². The molecule has 0 aromatic heterocycles. The van der Waals surface area contributed by atoms with Gasteiger partial charge in [0.2, 0.25) is 0 Å². The topological polar surface area (TPSA) is 43.4 Å². The van der Waals surface area contributed by atoms with Gasteiger partial charge in [-0.25, -0.2) is 0 Å². The molecule has 3 fully saturated rings. The van der Waals surface area contributed by atoms with Crippen molar-refractivity contribution in [2.75, 3.05) is 6.61 Å². The van der Waals surface area contributed by atoms with E-state index in [2.05, 4.69) is 13.8 Å². The van der Waals surface area contributed by atoms with E-state index in [0.29, 0.717) is 31.3 Å². The fourth-order valence-corrected chi connectivity index (χ4v) is 7.00. The molecule has 3 aliphatic rings. The first kappa shape index (κ1) is 25.8. The summed E-state index contributed by atoms with van der Waals surface area (Å²) in [6.45, 7) is 6.75. The largest absolute Gasteiger partial charge is 0.465 e. The van der Waals surface area contributed by atoms with Crippen molar-refractivity contribution >= 4 is 11.8 Å². The molecule has 3 nitrogen and oxygen atoms in total. The maximum Gasteiger partial charge on any atom is 0.319 e. The van der Waals surface area contributed by atoms with E-state index in [1.54, 1.807) is 0 Å². The van der Waals surface area contributed by atoms with E-state index in [1.165, 1.54) is 70.6 Å². The van der Waals surface area contributed by atoms with Crippen molar-refractivity contribution in [1.29, 1.82) is 0 Å². The van der Waals surface area contributed by atoms with Crippen LogP contribution < -0.4 is 0 Å². The molecule has 0 amide bonds. The van der Waals surface area contributed by atoms with Crippen molar-refractivity contribution in [2.45, 2.75) is 130 Å². The van der Waals surface area contributed by atoms with Crippen molar-refractivity contribution in [3.8, 4) is 0 Å². The van der Waals surface area contributed by atoms with Crippen LogP contribution in [0, 0.1) is 35.0 Å². The minimum absolute atomic E-state index is 0.141. The molecule has 32 heavy (non-hydrogen) atoms. The zero-order chi connectivity index (χ0) is 23.0. The van der Waals surface area contributed by atoms with Gasteiger partial charge in [-0.2, -0.15) is 0 Å². The van der Waals surface area contributed by atoms with E-state index in [9.17, 15) is 9.59 Å². The van der Waals surface area contributed by atoms with Crippen LogP contribution in [0.15, 0.2) is 0 Å². The van der Waals surface area contributed by atoms with Gasteiger partial charge in [-0.3, -0.25) is 9.59 Å². The number of esters is 1. The smallest absolute Gasteiger partial charge is 0.319 e. The number of Topliss-reactive ketones (excluding diaryl/α,β-unsaturated/α-hetero) is 1. The predicted octanol–water partition coefficient (Wildman–Crippen LogP) is 7.90. The van der Waals surface area contributed by atoms with Gasteiger partial charge >= 0.3 is 5.97 Å². The van der Waals surface area contributed by atoms with Gasteiger partial charge in [0.15, 0.2) is 0 Å². The summed E-state index contributed by atoms with van der Waals surface area (Å²) in [5.74, 6) is 3.96. The van der Waals surface area contributed by atoms with Gasteiger partial charge in [0, 0.05) is 6.42 Å². The van der Waals surface area contributed by atoms with E-state index in [-0.39, 0.29) is 11.8 Å². The Morgan fingerprint density at radius 1 is 0.812 bits per heavy atom. The molecule has 3 rings (SSSR count). The van der Waals surface area contributed by atoms with Crippen molar-refractivity contribution in [2.24, 2.45) is 35.0 Å². The van der Waals surface area contributed by atoms with Crippen molar-refractivity contribution in [3.05, 3.63) is 0 Å². The van der Waals surface area contributed by atoms with Gasteiger partial charge in [0.1, 0.15) is 11.2 Å². The Balaban J connectivity index is 1.39. The predicted molar refractivity (Wildman–Crippen MR) is 131 cm³/mol. The van der Waals surface area contributed by atoms with Gasteiger partial charge in [-0.15, -0.1) is 0 Å². The van der Waals surface area contributed by atoms with Crippen LogP contribution in [0.3, 0.4) is 0 Å². The van der Waals surface area contributed by atoms with Crippen LogP contribution in [0.5, 0.6) is 0 Å². The molecular formula is C29H50O3.